The van der Waals surface area contributed by atoms with Crippen molar-refractivity contribution in [3.8, 4) is 0 Å². The van der Waals surface area contributed by atoms with Crippen LogP contribution in [0.5, 0.6) is 0 Å². The number of carbonyl (C=O) groups excluding carboxylic acids is 2. The molecular formula is C15H24N2O4S. The summed E-state index contributed by atoms with van der Waals surface area (Å²) in [6.07, 6.45) is 4.86. The van der Waals surface area contributed by atoms with Gasteiger partial charge in [-0.05, 0) is 37.9 Å². The van der Waals surface area contributed by atoms with Crippen molar-refractivity contribution in [2.24, 2.45) is 5.41 Å². The number of nitrogens with zero attached hydrogens (tertiary/aromatic N) is 2. The highest BCUT2D eigenvalue weighted by molar-refractivity contribution is 7.99. The summed E-state index contributed by atoms with van der Waals surface area (Å²) in [5.41, 5.74) is -0.0112. The van der Waals surface area contributed by atoms with Crippen molar-refractivity contribution in [1.29, 1.82) is 0 Å². The first kappa shape index (κ1) is 17.1. The van der Waals surface area contributed by atoms with Gasteiger partial charge in [0.25, 0.3) is 0 Å². The summed E-state index contributed by atoms with van der Waals surface area (Å²) in [4.78, 5) is 38.3. The van der Waals surface area contributed by atoms with E-state index in [0.29, 0.717) is 26.1 Å². The molecule has 7 heteroatoms. The van der Waals surface area contributed by atoms with Gasteiger partial charge in [-0.1, -0.05) is 0 Å². The number of carboxylic acids is 1. The molecule has 2 heterocycles. The third kappa shape index (κ3) is 3.74. The van der Waals surface area contributed by atoms with Gasteiger partial charge in [-0.2, -0.15) is 11.8 Å². The van der Waals surface area contributed by atoms with Crippen LogP contribution in [0.3, 0.4) is 0 Å². The van der Waals surface area contributed by atoms with Gasteiger partial charge in [-0.25, -0.2) is 0 Å². The Morgan fingerprint density at radius 3 is 2.50 bits per heavy atom. The first-order valence-corrected chi connectivity index (χ1v) is 8.97. The van der Waals surface area contributed by atoms with Gasteiger partial charge in [0.2, 0.25) is 11.8 Å². The molecule has 0 radical (unpaired) electrons. The second-order valence-corrected chi connectivity index (χ2v) is 7.53. The molecule has 0 aromatic heterocycles. The number of hydrogen-bond donors (Lipinski definition) is 1. The van der Waals surface area contributed by atoms with Crippen LogP contribution < -0.4 is 0 Å². The van der Waals surface area contributed by atoms with Gasteiger partial charge < -0.3 is 14.9 Å². The van der Waals surface area contributed by atoms with Crippen LogP contribution in [0.2, 0.25) is 0 Å². The molecule has 0 aromatic carbocycles. The minimum Gasteiger partial charge on any atom is -0.480 e. The molecule has 1 spiro atoms. The number of aliphatic carboxylic acids is 1. The van der Waals surface area contributed by atoms with Gasteiger partial charge in [0.05, 0.1) is 5.25 Å². The molecule has 2 fully saturated rings. The Labute approximate surface area is 135 Å². The first-order valence-electron chi connectivity index (χ1n) is 7.68. The highest BCUT2D eigenvalue weighted by Gasteiger charge is 2.42. The molecule has 124 valence electrons. The van der Waals surface area contributed by atoms with Crippen LogP contribution in [0.25, 0.3) is 0 Å². The molecule has 2 rings (SSSR count). The van der Waals surface area contributed by atoms with Gasteiger partial charge in [-0.3, -0.25) is 14.4 Å². The second-order valence-electron chi connectivity index (χ2n) is 6.35. The normalized spacial score (nSPS) is 22.7. The first-order chi connectivity index (χ1) is 10.4. The minimum absolute atomic E-state index is 0.0112. The predicted molar refractivity (Wildman–Crippen MR) is 84.7 cm³/mol. The fraction of sp³-hybridized carbons (Fsp3) is 0.800. The Morgan fingerprint density at radius 2 is 1.95 bits per heavy atom. The predicted octanol–water partition coefficient (Wildman–Crippen LogP) is 1.05. The molecule has 0 unspecified atom stereocenters. The zero-order valence-electron chi connectivity index (χ0n) is 13.2. The Hall–Kier alpha value is -1.24. The molecule has 2 aliphatic heterocycles. The SMILES string of the molecule is CS[C@@H](C)C(=O)N1CCC2(CCC(=O)N(CC(=O)O)C2)CC1. The Morgan fingerprint density at radius 1 is 1.32 bits per heavy atom. The lowest BCUT2D eigenvalue weighted by atomic mass is 9.72. The summed E-state index contributed by atoms with van der Waals surface area (Å²) in [6, 6.07) is 0. The number of thioether (sulfide) groups is 1. The van der Waals surface area contributed by atoms with Crippen LogP contribution in [0, 0.1) is 5.41 Å². The molecule has 2 aliphatic rings. The van der Waals surface area contributed by atoms with Crippen molar-refractivity contribution in [3.63, 3.8) is 0 Å². The maximum Gasteiger partial charge on any atom is 0.323 e. The van der Waals surface area contributed by atoms with Crippen LogP contribution in [-0.2, 0) is 14.4 Å². The van der Waals surface area contributed by atoms with E-state index in [4.69, 9.17) is 5.11 Å². The fourth-order valence-electron chi connectivity index (χ4n) is 3.38. The summed E-state index contributed by atoms with van der Waals surface area (Å²) in [7, 11) is 0. The van der Waals surface area contributed by atoms with Gasteiger partial charge in [0.15, 0.2) is 0 Å². The van der Waals surface area contributed by atoms with Crippen LogP contribution in [-0.4, -0.2) is 70.4 Å². The van der Waals surface area contributed by atoms with Gasteiger partial charge in [0, 0.05) is 26.1 Å². The second kappa shape index (κ2) is 6.89. The summed E-state index contributed by atoms with van der Waals surface area (Å²) in [5, 5.41) is 8.90. The lowest BCUT2D eigenvalue weighted by Crippen LogP contribution is -2.54. The highest BCUT2D eigenvalue weighted by Crippen LogP contribution is 2.40. The largest absolute Gasteiger partial charge is 0.480 e. The van der Waals surface area contributed by atoms with E-state index in [9.17, 15) is 14.4 Å². The van der Waals surface area contributed by atoms with Gasteiger partial charge in [0.1, 0.15) is 6.54 Å². The monoisotopic (exact) mass is 328 g/mol. The number of likely N-dealkylation sites (tertiary alicyclic amines) is 2. The molecule has 0 saturated carbocycles. The molecule has 0 aliphatic carbocycles. The number of carboxylic acid groups (broad SMARTS) is 1. The number of piperidine rings is 2. The van der Waals surface area contributed by atoms with Crippen LogP contribution >= 0.6 is 11.8 Å². The Balaban J connectivity index is 1.96. The minimum atomic E-state index is -0.966. The van der Waals surface area contributed by atoms with E-state index in [-0.39, 0.29) is 29.0 Å². The van der Waals surface area contributed by atoms with Crippen molar-refractivity contribution in [2.75, 3.05) is 32.4 Å². The molecule has 22 heavy (non-hydrogen) atoms. The van der Waals surface area contributed by atoms with E-state index in [1.165, 1.54) is 4.90 Å². The summed E-state index contributed by atoms with van der Waals surface area (Å²) >= 11 is 1.55. The molecule has 2 amide bonds. The van der Waals surface area contributed by atoms with E-state index in [0.717, 1.165) is 19.3 Å². The average molecular weight is 328 g/mol. The van der Waals surface area contributed by atoms with E-state index < -0.39 is 5.97 Å². The maximum atomic E-state index is 12.2. The Bertz CT molecular complexity index is 460. The van der Waals surface area contributed by atoms with Crippen molar-refractivity contribution < 1.29 is 19.5 Å². The van der Waals surface area contributed by atoms with Crippen LogP contribution in [0.4, 0.5) is 0 Å². The zero-order valence-corrected chi connectivity index (χ0v) is 14.0. The van der Waals surface area contributed by atoms with Crippen molar-refractivity contribution in [2.45, 2.75) is 37.9 Å². The molecule has 1 atom stereocenters. The van der Waals surface area contributed by atoms with Crippen LogP contribution in [0.1, 0.15) is 32.6 Å². The average Bonchev–Trinajstić information content (AvgIpc) is 2.50. The van der Waals surface area contributed by atoms with Gasteiger partial charge in [-0.15, -0.1) is 0 Å². The highest BCUT2D eigenvalue weighted by atomic mass is 32.2. The number of rotatable bonds is 4. The topological polar surface area (TPSA) is 77.9 Å². The number of carbonyl (C=O) groups is 3. The van der Waals surface area contributed by atoms with Crippen molar-refractivity contribution in [1.82, 2.24) is 9.80 Å². The van der Waals surface area contributed by atoms with Crippen LogP contribution in [0.15, 0.2) is 0 Å². The lowest BCUT2D eigenvalue weighted by molar-refractivity contribution is -0.150. The van der Waals surface area contributed by atoms with Gasteiger partial charge >= 0.3 is 5.97 Å². The smallest absolute Gasteiger partial charge is 0.323 e. The summed E-state index contributed by atoms with van der Waals surface area (Å²) in [5.74, 6) is -0.856. The molecule has 2 saturated heterocycles. The summed E-state index contributed by atoms with van der Waals surface area (Å²) in [6.45, 7) is 3.63. The molecule has 0 aromatic rings. The lowest BCUT2D eigenvalue weighted by Gasteiger charge is -2.47. The van der Waals surface area contributed by atoms with E-state index in [1.807, 2.05) is 18.1 Å². The molecule has 0 bridgehead atoms. The maximum absolute atomic E-state index is 12.2. The number of amides is 2. The standard InChI is InChI=1S/C15H24N2O4S/c1-11(22-2)14(21)16-7-5-15(6-8-16)4-3-12(18)17(10-15)9-13(19)20/h11H,3-10H2,1-2H3,(H,19,20)/t11-/m0/s1. The van der Waals surface area contributed by atoms with E-state index in [2.05, 4.69) is 0 Å². The molecule has 6 nitrogen and oxygen atoms in total. The molecule has 1 N–H and O–H groups in total. The summed E-state index contributed by atoms with van der Waals surface area (Å²) < 4.78 is 0. The fourth-order valence-corrected chi connectivity index (χ4v) is 3.73. The molecular weight excluding hydrogens is 304 g/mol. The quantitative estimate of drug-likeness (QED) is 0.835. The zero-order chi connectivity index (χ0) is 16.3. The van der Waals surface area contributed by atoms with E-state index in [1.54, 1.807) is 11.8 Å². The number of hydrogen-bond acceptors (Lipinski definition) is 4. The Kier molecular flexibility index (Phi) is 5.36. The van der Waals surface area contributed by atoms with Crippen molar-refractivity contribution >= 4 is 29.5 Å². The van der Waals surface area contributed by atoms with Crippen molar-refractivity contribution in [3.05, 3.63) is 0 Å². The van der Waals surface area contributed by atoms with E-state index >= 15 is 0 Å². The third-order valence-corrected chi connectivity index (χ3v) is 5.82. The third-order valence-electron chi connectivity index (χ3n) is 4.91.